The fraction of sp³-hybridized carbons (Fsp3) is 0.160. The zero-order chi connectivity index (χ0) is 22.5. The first-order valence-corrected chi connectivity index (χ1v) is 10.4. The molecule has 0 bridgehead atoms. The van der Waals surface area contributed by atoms with Crippen molar-refractivity contribution in [2.24, 2.45) is 0 Å². The molecule has 4 aromatic rings. The highest BCUT2D eigenvalue weighted by molar-refractivity contribution is 6.06. The van der Waals surface area contributed by atoms with Crippen molar-refractivity contribution in [2.45, 2.75) is 26.3 Å². The molecule has 0 unspecified atom stereocenters. The molecule has 2 aromatic carbocycles. The lowest BCUT2D eigenvalue weighted by atomic mass is 10.0. The average Bonchev–Trinajstić information content (AvgIpc) is 3.22. The van der Waals surface area contributed by atoms with Crippen LogP contribution in [-0.4, -0.2) is 36.6 Å². The summed E-state index contributed by atoms with van der Waals surface area (Å²) in [5.74, 6) is -0.257. The molecule has 0 aliphatic heterocycles. The van der Waals surface area contributed by atoms with Crippen LogP contribution >= 0.6 is 0 Å². The summed E-state index contributed by atoms with van der Waals surface area (Å²) in [6.45, 7) is 2.52. The number of aromatic carboxylic acids is 1. The van der Waals surface area contributed by atoms with E-state index in [0.717, 1.165) is 23.4 Å². The molecule has 0 spiro atoms. The van der Waals surface area contributed by atoms with Crippen LogP contribution in [-0.2, 0) is 13.0 Å². The summed E-state index contributed by atoms with van der Waals surface area (Å²) >= 11 is 0. The van der Waals surface area contributed by atoms with Crippen LogP contribution in [0.3, 0.4) is 0 Å². The van der Waals surface area contributed by atoms with Gasteiger partial charge in [0.15, 0.2) is 0 Å². The van der Waals surface area contributed by atoms with Gasteiger partial charge in [0, 0.05) is 24.4 Å². The number of nitrogens with zero attached hydrogens (tertiary/aromatic N) is 4. The van der Waals surface area contributed by atoms with Gasteiger partial charge in [0.1, 0.15) is 5.82 Å². The summed E-state index contributed by atoms with van der Waals surface area (Å²) in [5.41, 5.74) is 3.10. The summed E-state index contributed by atoms with van der Waals surface area (Å²) < 4.78 is 1.77. The van der Waals surface area contributed by atoms with E-state index in [9.17, 15) is 14.7 Å². The number of ketones is 1. The Morgan fingerprint density at radius 1 is 1.00 bits per heavy atom. The van der Waals surface area contributed by atoms with Gasteiger partial charge in [-0.25, -0.2) is 14.5 Å². The third kappa shape index (κ3) is 4.46. The number of aryl methyl sites for hydroxylation is 1. The zero-order valence-electron chi connectivity index (χ0n) is 17.6. The molecular weight excluding hydrogens is 404 g/mol. The predicted octanol–water partition coefficient (Wildman–Crippen LogP) is 4.27. The van der Waals surface area contributed by atoms with Crippen LogP contribution in [0.1, 0.15) is 51.3 Å². The molecule has 0 aliphatic carbocycles. The Morgan fingerprint density at radius 2 is 1.75 bits per heavy atom. The van der Waals surface area contributed by atoms with Crippen molar-refractivity contribution in [1.82, 2.24) is 19.7 Å². The number of hydrogen-bond donors (Lipinski definition) is 1. The van der Waals surface area contributed by atoms with E-state index in [4.69, 9.17) is 0 Å². The van der Waals surface area contributed by atoms with Gasteiger partial charge in [-0.2, -0.15) is 0 Å². The molecule has 0 atom stereocenters. The normalized spacial score (nSPS) is 10.8. The molecule has 0 saturated heterocycles. The summed E-state index contributed by atoms with van der Waals surface area (Å²) in [4.78, 5) is 32.6. The smallest absolute Gasteiger partial charge is 0.337 e. The van der Waals surface area contributed by atoms with E-state index < -0.39 is 5.97 Å². The quantitative estimate of drug-likeness (QED) is 0.423. The van der Waals surface area contributed by atoms with Gasteiger partial charge < -0.3 is 5.11 Å². The number of benzene rings is 2. The highest BCUT2D eigenvalue weighted by Crippen LogP contribution is 2.24. The van der Waals surface area contributed by atoms with Gasteiger partial charge in [-0.05, 0) is 29.2 Å². The molecule has 32 heavy (non-hydrogen) atoms. The van der Waals surface area contributed by atoms with E-state index in [2.05, 4.69) is 22.0 Å². The topological polar surface area (TPSA) is 98.0 Å². The lowest BCUT2D eigenvalue weighted by Gasteiger charge is -2.08. The molecule has 0 aliphatic rings. The minimum Gasteiger partial charge on any atom is -0.478 e. The lowest BCUT2D eigenvalue weighted by Crippen LogP contribution is -2.08. The SMILES string of the molecule is CCCc1nc(C(=O)c2ccccc2)nn1Cc1ccc(-c2ccncc2C(=O)O)cc1. The van der Waals surface area contributed by atoms with Crippen LogP contribution in [0, 0.1) is 0 Å². The highest BCUT2D eigenvalue weighted by Gasteiger charge is 2.18. The molecule has 0 radical (unpaired) electrons. The van der Waals surface area contributed by atoms with E-state index in [1.807, 2.05) is 42.5 Å². The second-order valence-corrected chi connectivity index (χ2v) is 7.38. The highest BCUT2D eigenvalue weighted by atomic mass is 16.4. The molecule has 7 nitrogen and oxygen atoms in total. The molecule has 1 N–H and O–H groups in total. The first-order chi connectivity index (χ1) is 15.6. The second kappa shape index (κ2) is 9.34. The number of carbonyl (C=O) groups excluding carboxylic acids is 1. The van der Waals surface area contributed by atoms with Gasteiger partial charge >= 0.3 is 5.97 Å². The second-order valence-electron chi connectivity index (χ2n) is 7.38. The summed E-state index contributed by atoms with van der Waals surface area (Å²) in [6, 6.07) is 18.3. The minimum atomic E-state index is -1.01. The number of pyridine rings is 1. The van der Waals surface area contributed by atoms with Gasteiger partial charge in [-0.1, -0.05) is 61.5 Å². The van der Waals surface area contributed by atoms with Crippen LogP contribution in [0.25, 0.3) is 11.1 Å². The van der Waals surface area contributed by atoms with Crippen LogP contribution in [0.15, 0.2) is 73.1 Å². The van der Waals surface area contributed by atoms with E-state index in [-0.39, 0.29) is 17.2 Å². The lowest BCUT2D eigenvalue weighted by molar-refractivity contribution is 0.0697. The van der Waals surface area contributed by atoms with Crippen LogP contribution in [0.2, 0.25) is 0 Å². The zero-order valence-corrected chi connectivity index (χ0v) is 17.6. The molecule has 0 saturated carbocycles. The van der Waals surface area contributed by atoms with Crippen molar-refractivity contribution in [3.05, 3.63) is 101 Å². The van der Waals surface area contributed by atoms with Crippen molar-refractivity contribution in [2.75, 3.05) is 0 Å². The Labute approximate surface area is 185 Å². The maximum absolute atomic E-state index is 12.8. The molecule has 0 fully saturated rings. The Balaban J connectivity index is 1.60. The Hall–Kier alpha value is -4.13. The van der Waals surface area contributed by atoms with E-state index in [1.54, 1.807) is 29.1 Å². The number of rotatable bonds is 8. The number of carboxylic acids is 1. The van der Waals surface area contributed by atoms with Crippen molar-refractivity contribution in [3.8, 4) is 11.1 Å². The van der Waals surface area contributed by atoms with Crippen molar-refractivity contribution >= 4 is 11.8 Å². The fourth-order valence-corrected chi connectivity index (χ4v) is 3.50. The van der Waals surface area contributed by atoms with Crippen molar-refractivity contribution < 1.29 is 14.7 Å². The maximum Gasteiger partial charge on any atom is 0.337 e. The summed E-state index contributed by atoms with van der Waals surface area (Å²) in [5, 5.41) is 13.9. The number of carbonyl (C=O) groups is 2. The first-order valence-electron chi connectivity index (χ1n) is 10.4. The Bertz CT molecular complexity index is 1250. The van der Waals surface area contributed by atoms with Gasteiger partial charge in [-0.3, -0.25) is 9.78 Å². The van der Waals surface area contributed by atoms with Crippen LogP contribution in [0.5, 0.6) is 0 Å². The monoisotopic (exact) mass is 426 g/mol. The standard InChI is InChI=1S/C25H22N4O3/c1-2-6-22-27-24(23(30)19-7-4-3-5-8-19)28-29(22)16-17-9-11-18(12-10-17)20-13-14-26-15-21(20)25(31)32/h3-5,7-15H,2,6,16H2,1H3,(H,31,32). The predicted molar refractivity (Wildman–Crippen MR) is 120 cm³/mol. The average molecular weight is 426 g/mol. The largest absolute Gasteiger partial charge is 0.478 e. The maximum atomic E-state index is 12.8. The van der Waals surface area contributed by atoms with Crippen molar-refractivity contribution in [1.29, 1.82) is 0 Å². The number of hydrogen-bond acceptors (Lipinski definition) is 5. The third-order valence-electron chi connectivity index (χ3n) is 5.11. The molecular formula is C25H22N4O3. The molecule has 7 heteroatoms. The van der Waals surface area contributed by atoms with E-state index in [0.29, 0.717) is 24.1 Å². The van der Waals surface area contributed by atoms with Gasteiger partial charge in [0.25, 0.3) is 0 Å². The third-order valence-corrected chi connectivity index (χ3v) is 5.11. The minimum absolute atomic E-state index is 0.158. The molecule has 2 heterocycles. The van der Waals surface area contributed by atoms with Gasteiger partial charge in [-0.15, -0.1) is 5.10 Å². The fourth-order valence-electron chi connectivity index (χ4n) is 3.50. The van der Waals surface area contributed by atoms with Crippen LogP contribution < -0.4 is 0 Å². The molecule has 4 rings (SSSR count). The first kappa shape index (κ1) is 21.1. The van der Waals surface area contributed by atoms with E-state index >= 15 is 0 Å². The van der Waals surface area contributed by atoms with Gasteiger partial charge in [0.2, 0.25) is 11.6 Å². The Kier molecular flexibility index (Phi) is 6.17. The summed E-state index contributed by atoms with van der Waals surface area (Å²) in [7, 11) is 0. The van der Waals surface area contributed by atoms with Crippen molar-refractivity contribution in [3.63, 3.8) is 0 Å². The van der Waals surface area contributed by atoms with E-state index in [1.165, 1.54) is 6.20 Å². The van der Waals surface area contributed by atoms with Crippen LogP contribution in [0.4, 0.5) is 0 Å². The summed E-state index contributed by atoms with van der Waals surface area (Å²) in [6.07, 6.45) is 4.53. The number of carboxylic acid groups (broad SMARTS) is 1. The molecule has 0 amide bonds. The Morgan fingerprint density at radius 3 is 2.44 bits per heavy atom. The van der Waals surface area contributed by atoms with Gasteiger partial charge in [0.05, 0.1) is 12.1 Å². The number of aromatic nitrogens is 4. The molecule has 2 aromatic heterocycles. The molecule has 160 valence electrons.